The summed E-state index contributed by atoms with van der Waals surface area (Å²) in [6.45, 7) is 2.98. The molecule has 0 aliphatic carbocycles. The van der Waals surface area contributed by atoms with E-state index >= 15 is 0 Å². The summed E-state index contributed by atoms with van der Waals surface area (Å²) in [6, 6.07) is 3.75. The van der Waals surface area contributed by atoms with E-state index in [1.165, 1.54) is 31.0 Å². The maximum absolute atomic E-state index is 10.3. The van der Waals surface area contributed by atoms with Crippen LogP contribution in [0.15, 0.2) is 18.2 Å². The first-order valence-corrected chi connectivity index (χ1v) is 4.98. The molecule has 0 aliphatic rings. The first-order chi connectivity index (χ1) is 7.54. The molecule has 0 amide bonds. The summed E-state index contributed by atoms with van der Waals surface area (Å²) < 4.78 is 0. The highest BCUT2D eigenvalue weighted by atomic mass is 16.4. The third-order valence-corrected chi connectivity index (χ3v) is 1.79. The van der Waals surface area contributed by atoms with Gasteiger partial charge in [0.2, 0.25) is 0 Å². The lowest BCUT2D eigenvalue weighted by molar-refractivity contribution is 0.0690. The highest BCUT2D eigenvalue weighted by molar-refractivity contribution is 5.93. The van der Waals surface area contributed by atoms with Gasteiger partial charge in [-0.25, -0.2) is 4.79 Å². The highest BCUT2D eigenvalue weighted by Gasteiger charge is 2.13. The quantitative estimate of drug-likeness (QED) is 0.627. The second kappa shape index (κ2) is 7.53. The zero-order chi connectivity index (χ0) is 12.6. The molecule has 5 nitrogen and oxygen atoms in total. The summed E-state index contributed by atoms with van der Waals surface area (Å²) in [5.74, 6) is -2.21. The Kier molecular flexibility index (Phi) is 6.71. The van der Waals surface area contributed by atoms with Gasteiger partial charge in [0.05, 0.1) is 0 Å². The Bertz CT molecular complexity index is 317. The Hall–Kier alpha value is -1.75. The minimum Gasteiger partial charge on any atom is -0.507 e. The van der Waals surface area contributed by atoms with E-state index in [2.05, 4.69) is 6.92 Å². The largest absolute Gasteiger partial charge is 0.507 e. The van der Waals surface area contributed by atoms with E-state index in [1.54, 1.807) is 0 Å². The monoisotopic (exact) mass is 227 g/mol. The molecule has 0 unspecified atom stereocenters. The smallest absolute Gasteiger partial charge is 0.343 e. The molecule has 1 aromatic rings. The van der Waals surface area contributed by atoms with Crippen molar-refractivity contribution in [1.82, 2.24) is 0 Å². The van der Waals surface area contributed by atoms with Crippen molar-refractivity contribution in [2.24, 2.45) is 5.73 Å². The number of hydrogen-bond donors (Lipinski definition) is 4. The third kappa shape index (κ3) is 4.65. The van der Waals surface area contributed by atoms with Crippen molar-refractivity contribution in [3.8, 4) is 11.5 Å². The Morgan fingerprint density at radius 3 is 2.00 bits per heavy atom. The fraction of sp³-hybridized carbons (Fsp3) is 0.364. The summed E-state index contributed by atoms with van der Waals surface area (Å²) in [4.78, 5) is 10.3. The summed E-state index contributed by atoms with van der Waals surface area (Å²) in [7, 11) is 0. The van der Waals surface area contributed by atoms with Crippen molar-refractivity contribution in [2.45, 2.75) is 19.8 Å². The molecule has 0 aliphatic heterocycles. The van der Waals surface area contributed by atoms with Crippen molar-refractivity contribution in [3.05, 3.63) is 23.8 Å². The van der Waals surface area contributed by atoms with Crippen molar-refractivity contribution >= 4 is 5.97 Å². The van der Waals surface area contributed by atoms with Crippen molar-refractivity contribution in [2.75, 3.05) is 6.54 Å². The van der Waals surface area contributed by atoms with Crippen molar-refractivity contribution in [1.29, 1.82) is 0 Å². The Labute approximate surface area is 94.1 Å². The number of aromatic hydroxyl groups is 2. The second-order valence-electron chi connectivity index (χ2n) is 3.12. The predicted octanol–water partition coefficient (Wildman–Crippen LogP) is 1.54. The Morgan fingerprint density at radius 2 is 1.81 bits per heavy atom. The number of aromatic carboxylic acids is 1. The zero-order valence-corrected chi connectivity index (χ0v) is 9.18. The number of phenols is 2. The molecule has 16 heavy (non-hydrogen) atoms. The Morgan fingerprint density at radius 1 is 1.31 bits per heavy atom. The van der Waals surface area contributed by atoms with Crippen LogP contribution in [0.5, 0.6) is 11.5 Å². The van der Waals surface area contributed by atoms with Crippen LogP contribution in [0, 0.1) is 0 Å². The first-order valence-electron chi connectivity index (χ1n) is 4.98. The molecule has 0 fully saturated rings. The van der Waals surface area contributed by atoms with Crippen LogP contribution in [0.3, 0.4) is 0 Å². The molecule has 1 aromatic carbocycles. The number of carbonyl (C=O) groups is 1. The van der Waals surface area contributed by atoms with Crippen molar-refractivity contribution < 1.29 is 20.1 Å². The predicted molar refractivity (Wildman–Crippen MR) is 60.7 cm³/mol. The van der Waals surface area contributed by atoms with Crippen LogP contribution in [0.4, 0.5) is 0 Å². The number of rotatable bonds is 3. The van der Waals surface area contributed by atoms with E-state index in [1.807, 2.05) is 0 Å². The second-order valence-corrected chi connectivity index (χ2v) is 3.12. The van der Waals surface area contributed by atoms with Gasteiger partial charge in [-0.05, 0) is 25.1 Å². The lowest BCUT2D eigenvalue weighted by Crippen LogP contribution is -1.96. The fourth-order valence-electron chi connectivity index (χ4n) is 0.952. The molecular formula is C11H17NO4. The lowest BCUT2D eigenvalue weighted by atomic mass is 10.2. The summed E-state index contributed by atoms with van der Waals surface area (Å²) in [5, 5.41) is 26.3. The standard InChI is InChI=1S/C7H6O4.C4H11N/c8-4-2-1-3-5(9)6(4)7(10)11;1-2-3-4-5/h1-3,8-9H,(H,10,11);2-5H2,1H3. The van der Waals surface area contributed by atoms with E-state index < -0.39 is 23.0 Å². The van der Waals surface area contributed by atoms with E-state index in [4.69, 9.17) is 21.1 Å². The molecule has 0 atom stereocenters. The molecule has 0 bridgehead atoms. The van der Waals surface area contributed by atoms with Gasteiger partial charge in [-0.2, -0.15) is 0 Å². The molecule has 0 saturated carbocycles. The number of unbranched alkanes of at least 4 members (excludes halogenated alkanes) is 1. The average Bonchev–Trinajstić information content (AvgIpc) is 2.19. The number of carboxylic acids is 1. The number of carboxylic acid groups (broad SMARTS) is 1. The molecule has 1 rings (SSSR count). The average molecular weight is 227 g/mol. The minimum atomic E-state index is -1.35. The van der Waals surface area contributed by atoms with Crippen LogP contribution >= 0.6 is 0 Å². The van der Waals surface area contributed by atoms with Gasteiger partial charge in [0, 0.05) is 0 Å². The molecule has 0 radical (unpaired) electrons. The van der Waals surface area contributed by atoms with Crippen molar-refractivity contribution in [3.63, 3.8) is 0 Å². The maximum atomic E-state index is 10.3. The molecule has 0 aromatic heterocycles. The molecule has 5 N–H and O–H groups in total. The van der Waals surface area contributed by atoms with E-state index in [0.29, 0.717) is 0 Å². The van der Waals surface area contributed by atoms with Crippen LogP contribution < -0.4 is 5.73 Å². The highest BCUT2D eigenvalue weighted by Crippen LogP contribution is 2.25. The lowest BCUT2D eigenvalue weighted by Gasteiger charge is -1.99. The third-order valence-electron chi connectivity index (χ3n) is 1.79. The Balaban J connectivity index is 0.000000385. The summed E-state index contributed by atoms with van der Waals surface area (Å²) in [5.41, 5.74) is 4.67. The number of nitrogens with two attached hydrogens (primary N) is 1. The van der Waals surface area contributed by atoms with Gasteiger partial charge < -0.3 is 21.1 Å². The fourth-order valence-corrected chi connectivity index (χ4v) is 0.952. The van der Waals surface area contributed by atoms with Gasteiger partial charge in [0.1, 0.15) is 17.1 Å². The van der Waals surface area contributed by atoms with Crippen LogP contribution in [0.25, 0.3) is 0 Å². The van der Waals surface area contributed by atoms with E-state index in [0.717, 1.165) is 6.54 Å². The van der Waals surface area contributed by atoms with E-state index in [9.17, 15) is 4.79 Å². The summed E-state index contributed by atoms with van der Waals surface area (Å²) >= 11 is 0. The SMILES string of the molecule is CCCCN.O=C(O)c1c(O)cccc1O. The van der Waals surface area contributed by atoms with Gasteiger partial charge in [-0.15, -0.1) is 0 Å². The van der Waals surface area contributed by atoms with Gasteiger partial charge >= 0.3 is 5.97 Å². The normalized spacial score (nSPS) is 9.12. The molecule has 0 spiro atoms. The summed E-state index contributed by atoms with van der Waals surface area (Å²) in [6.07, 6.45) is 2.39. The first kappa shape index (κ1) is 14.2. The molecule has 0 heterocycles. The van der Waals surface area contributed by atoms with Gasteiger partial charge in [-0.1, -0.05) is 19.4 Å². The van der Waals surface area contributed by atoms with E-state index in [-0.39, 0.29) is 0 Å². The molecular weight excluding hydrogens is 210 g/mol. The zero-order valence-electron chi connectivity index (χ0n) is 9.18. The molecule has 90 valence electrons. The van der Waals surface area contributed by atoms with Gasteiger partial charge in [0.15, 0.2) is 0 Å². The van der Waals surface area contributed by atoms with Crippen LogP contribution in [-0.4, -0.2) is 27.8 Å². The topological polar surface area (TPSA) is 104 Å². The minimum absolute atomic E-state index is 0.433. The van der Waals surface area contributed by atoms with Gasteiger partial charge in [-0.3, -0.25) is 0 Å². The van der Waals surface area contributed by atoms with Crippen LogP contribution in [-0.2, 0) is 0 Å². The van der Waals surface area contributed by atoms with Crippen LogP contribution in [0.2, 0.25) is 0 Å². The number of hydrogen-bond acceptors (Lipinski definition) is 4. The van der Waals surface area contributed by atoms with Crippen LogP contribution in [0.1, 0.15) is 30.1 Å². The maximum Gasteiger partial charge on any atom is 0.343 e. The number of benzene rings is 1. The van der Waals surface area contributed by atoms with Gasteiger partial charge in [0.25, 0.3) is 0 Å². The molecule has 5 heteroatoms. The molecule has 0 saturated heterocycles.